The van der Waals surface area contributed by atoms with Gasteiger partial charge in [0.1, 0.15) is 6.54 Å². The van der Waals surface area contributed by atoms with Crippen LogP contribution in [-0.4, -0.2) is 35.9 Å². The number of carbonyl (C=O) groups is 2. The summed E-state index contributed by atoms with van der Waals surface area (Å²) in [4.78, 5) is 24.4. The number of nitrogens with one attached hydrogen (secondary N) is 1. The van der Waals surface area contributed by atoms with Crippen LogP contribution in [0.3, 0.4) is 0 Å². The molecule has 0 bridgehead atoms. The van der Waals surface area contributed by atoms with Crippen molar-refractivity contribution in [1.82, 2.24) is 5.01 Å². The molecule has 25 heavy (non-hydrogen) atoms. The molecule has 1 heterocycles. The van der Waals surface area contributed by atoms with E-state index in [9.17, 15) is 9.59 Å². The van der Waals surface area contributed by atoms with E-state index in [2.05, 4.69) is 10.4 Å². The van der Waals surface area contributed by atoms with Crippen molar-refractivity contribution < 1.29 is 14.3 Å². The van der Waals surface area contributed by atoms with Crippen LogP contribution in [0.25, 0.3) is 0 Å². The van der Waals surface area contributed by atoms with Crippen LogP contribution in [0, 0.1) is 12.8 Å². The highest BCUT2D eigenvalue weighted by molar-refractivity contribution is 6.11. The lowest BCUT2D eigenvalue weighted by molar-refractivity contribution is -0.143. The average molecular weight is 343 g/mol. The summed E-state index contributed by atoms with van der Waals surface area (Å²) in [6.45, 7) is 3.84. The minimum absolute atomic E-state index is 0.178. The highest BCUT2D eigenvalue weighted by atomic mass is 16.5. The molecule has 0 aromatic heterocycles. The number of benzene rings is 1. The lowest BCUT2D eigenvalue weighted by atomic mass is 9.83. The molecule has 1 aromatic carbocycles. The quantitative estimate of drug-likeness (QED) is 0.848. The van der Waals surface area contributed by atoms with Gasteiger partial charge in [0.25, 0.3) is 0 Å². The Morgan fingerprint density at radius 1 is 1.32 bits per heavy atom. The van der Waals surface area contributed by atoms with Gasteiger partial charge in [-0.1, -0.05) is 31.4 Å². The number of esters is 1. The Bertz CT molecular complexity index is 693. The first-order valence-electron chi connectivity index (χ1n) is 9.02. The Labute approximate surface area is 148 Å². The van der Waals surface area contributed by atoms with Crippen LogP contribution in [0.4, 0.5) is 10.5 Å². The molecule has 1 aliphatic heterocycles. The molecular weight excluding hydrogens is 318 g/mol. The van der Waals surface area contributed by atoms with Crippen molar-refractivity contribution in [3.05, 3.63) is 29.3 Å². The summed E-state index contributed by atoms with van der Waals surface area (Å²) in [6.07, 6.45) is 5.71. The Kier molecular flexibility index (Phi) is 5.36. The number of anilines is 1. The van der Waals surface area contributed by atoms with Crippen LogP contribution >= 0.6 is 0 Å². The first-order chi connectivity index (χ1) is 12.1. The molecule has 3 rings (SSSR count). The molecule has 0 atom stereocenters. The maximum atomic E-state index is 12.6. The highest BCUT2D eigenvalue weighted by Gasteiger charge is 2.29. The molecule has 1 fully saturated rings. The number of hydrogen-bond acceptors (Lipinski definition) is 4. The summed E-state index contributed by atoms with van der Waals surface area (Å²) in [5.74, 6) is -0.140. The van der Waals surface area contributed by atoms with E-state index >= 15 is 0 Å². The summed E-state index contributed by atoms with van der Waals surface area (Å²) in [7, 11) is 0. The third-order valence-corrected chi connectivity index (χ3v) is 4.73. The Morgan fingerprint density at radius 3 is 2.80 bits per heavy atom. The zero-order chi connectivity index (χ0) is 17.8. The van der Waals surface area contributed by atoms with E-state index in [-0.39, 0.29) is 13.2 Å². The van der Waals surface area contributed by atoms with Crippen molar-refractivity contribution in [3.63, 3.8) is 0 Å². The third kappa shape index (κ3) is 4.00. The first kappa shape index (κ1) is 17.5. The van der Waals surface area contributed by atoms with Gasteiger partial charge < -0.3 is 10.1 Å². The molecule has 6 heteroatoms. The lowest BCUT2D eigenvalue weighted by Gasteiger charge is -2.24. The first-order valence-corrected chi connectivity index (χ1v) is 9.02. The highest BCUT2D eigenvalue weighted by Crippen LogP contribution is 2.32. The van der Waals surface area contributed by atoms with Gasteiger partial charge in [0.2, 0.25) is 0 Å². The van der Waals surface area contributed by atoms with Gasteiger partial charge in [0.15, 0.2) is 0 Å². The summed E-state index contributed by atoms with van der Waals surface area (Å²) >= 11 is 0. The van der Waals surface area contributed by atoms with E-state index < -0.39 is 12.0 Å². The van der Waals surface area contributed by atoms with E-state index in [4.69, 9.17) is 4.74 Å². The van der Waals surface area contributed by atoms with Gasteiger partial charge in [-0.25, -0.2) is 9.80 Å². The normalized spacial score (nSPS) is 18.1. The molecule has 2 aliphatic rings. The van der Waals surface area contributed by atoms with Crippen LogP contribution in [-0.2, 0) is 9.53 Å². The Balaban J connectivity index is 1.97. The van der Waals surface area contributed by atoms with Gasteiger partial charge in [-0.05, 0) is 38.3 Å². The number of aryl methyl sites for hydroxylation is 1. The van der Waals surface area contributed by atoms with Crippen LogP contribution in [0.1, 0.15) is 50.2 Å². The number of ether oxygens (including phenoxy) is 1. The van der Waals surface area contributed by atoms with Gasteiger partial charge >= 0.3 is 12.0 Å². The standard InChI is InChI=1S/C19H25N3O3/c1-3-25-17(23)12-22-19(24)20-16-11-13(2)9-10-15(16)18(21-22)14-7-5-4-6-8-14/h9-11,14H,3-8,12H2,1-2H3,(H,20,24). The van der Waals surface area contributed by atoms with E-state index in [0.29, 0.717) is 5.92 Å². The van der Waals surface area contributed by atoms with E-state index in [1.165, 1.54) is 24.3 Å². The number of hydrazone groups is 1. The zero-order valence-corrected chi connectivity index (χ0v) is 14.9. The largest absolute Gasteiger partial charge is 0.465 e. The number of carbonyl (C=O) groups excluding carboxylic acids is 2. The molecule has 0 radical (unpaired) electrons. The molecule has 0 unspecified atom stereocenters. The third-order valence-electron chi connectivity index (χ3n) is 4.73. The van der Waals surface area contributed by atoms with Crippen molar-refractivity contribution in [2.45, 2.75) is 46.0 Å². The van der Waals surface area contributed by atoms with Crippen molar-refractivity contribution in [2.24, 2.45) is 11.0 Å². The summed E-state index contributed by atoms with van der Waals surface area (Å²) in [5, 5.41) is 8.71. The Hall–Kier alpha value is -2.37. The molecule has 1 N–H and O–H groups in total. The summed E-state index contributed by atoms with van der Waals surface area (Å²) in [6, 6.07) is 5.61. The van der Waals surface area contributed by atoms with Gasteiger partial charge in [0, 0.05) is 11.5 Å². The minimum Gasteiger partial charge on any atom is -0.465 e. The smallest absolute Gasteiger partial charge is 0.342 e. The molecule has 1 aromatic rings. The SMILES string of the molecule is CCOC(=O)CN1N=C(C2CCCCC2)c2ccc(C)cc2NC1=O. The predicted octanol–water partition coefficient (Wildman–Crippen LogP) is 3.69. The molecule has 6 nitrogen and oxygen atoms in total. The minimum atomic E-state index is -0.452. The fraction of sp³-hybridized carbons (Fsp3) is 0.526. The van der Waals surface area contributed by atoms with Gasteiger partial charge in [-0.3, -0.25) is 4.79 Å². The monoisotopic (exact) mass is 343 g/mol. The fourth-order valence-corrected chi connectivity index (χ4v) is 3.51. The van der Waals surface area contributed by atoms with Crippen LogP contribution in [0.2, 0.25) is 0 Å². The number of fused-ring (bicyclic) bond motifs is 1. The summed E-state index contributed by atoms with van der Waals surface area (Å²) < 4.78 is 4.98. The van der Waals surface area contributed by atoms with Gasteiger partial charge in [-0.15, -0.1) is 0 Å². The topological polar surface area (TPSA) is 71.0 Å². The summed E-state index contributed by atoms with van der Waals surface area (Å²) in [5.41, 5.74) is 3.69. The van der Waals surface area contributed by atoms with Gasteiger partial charge in [-0.2, -0.15) is 5.10 Å². The number of amides is 2. The van der Waals surface area contributed by atoms with Gasteiger partial charge in [0.05, 0.1) is 18.0 Å². The molecular formula is C19H25N3O3. The molecule has 134 valence electrons. The molecule has 0 spiro atoms. The maximum absolute atomic E-state index is 12.6. The lowest BCUT2D eigenvalue weighted by Crippen LogP contribution is -2.35. The molecule has 1 aliphatic carbocycles. The zero-order valence-electron chi connectivity index (χ0n) is 14.9. The second-order valence-corrected chi connectivity index (χ2v) is 6.66. The van der Waals surface area contributed by atoms with Crippen LogP contribution in [0.5, 0.6) is 0 Å². The second-order valence-electron chi connectivity index (χ2n) is 6.66. The number of urea groups is 1. The fourth-order valence-electron chi connectivity index (χ4n) is 3.51. The Morgan fingerprint density at radius 2 is 2.08 bits per heavy atom. The van der Waals surface area contributed by atoms with Crippen molar-refractivity contribution in [2.75, 3.05) is 18.5 Å². The van der Waals surface area contributed by atoms with Crippen molar-refractivity contribution >= 4 is 23.4 Å². The van der Waals surface area contributed by atoms with E-state index in [1.807, 2.05) is 25.1 Å². The van der Waals surface area contributed by atoms with Crippen molar-refractivity contribution in [3.8, 4) is 0 Å². The molecule has 0 saturated heterocycles. The van der Waals surface area contributed by atoms with Crippen LogP contribution in [0.15, 0.2) is 23.3 Å². The molecule has 2 amide bonds. The van der Waals surface area contributed by atoms with E-state index in [1.54, 1.807) is 6.92 Å². The second kappa shape index (κ2) is 7.68. The number of hydrogen-bond donors (Lipinski definition) is 1. The number of rotatable bonds is 4. The van der Waals surface area contributed by atoms with Crippen LogP contribution < -0.4 is 5.32 Å². The predicted molar refractivity (Wildman–Crippen MR) is 96.6 cm³/mol. The van der Waals surface area contributed by atoms with E-state index in [0.717, 1.165) is 35.4 Å². The molecule has 1 saturated carbocycles. The number of nitrogens with zero attached hydrogens (tertiary/aromatic N) is 2. The maximum Gasteiger partial charge on any atom is 0.342 e. The van der Waals surface area contributed by atoms with Crippen molar-refractivity contribution in [1.29, 1.82) is 0 Å². The average Bonchev–Trinajstić information content (AvgIpc) is 2.72.